The second-order valence-electron chi connectivity index (χ2n) is 5.57. The number of para-hydroxylation sites is 1. The minimum Gasteiger partial charge on any atom is -0.322 e. The van der Waals surface area contributed by atoms with Crippen molar-refractivity contribution >= 4 is 22.6 Å². The minimum absolute atomic E-state index is 0.227. The van der Waals surface area contributed by atoms with Crippen molar-refractivity contribution in [2.75, 3.05) is 0 Å². The summed E-state index contributed by atoms with van der Waals surface area (Å²) in [5, 5.41) is 0.749. The van der Waals surface area contributed by atoms with Gasteiger partial charge in [0.25, 0.3) is 0 Å². The van der Waals surface area contributed by atoms with E-state index >= 15 is 0 Å². The van der Waals surface area contributed by atoms with Gasteiger partial charge in [-0.25, -0.2) is 4.98 Å². The normalized spacial score (nSPS) is 16.3. The van der Waals surface area contributed by atoms with Crippen molar-refractivity contribution < 1.29 is 0 Å². The van der Waals surface area contributed by atoms with Crippen LogP contribution in [-0.4, -0.2) is 9.55 Å². The van der Waals surface area contributed by atoms with E-state index in [1.807, 2.05) is 48.5 Å². The number of fused-ring (bicyclic) bond motifs is 1. The standard InChI is InChI=1S/C17H16ClN3/c18-13-7-4-8-14-16(13)21(12-9-10-12)17(20-14)15(19)11-5-2-1-3-6-11/h1-8,12,15H,9-10,19H2. The molecule has 3 nitrogen and oxygen atoms in total. The molecule has 2 aromatic carbocycles. The third-order valence-corrected chi connectivity index (χ3v) is 4.34. The van der Waals surface area contributed by atoms with Gasteiger partial charge in [-0.15, -0.1) is 0 Å². The van der Waals surface area contributed by atoms with Gasteiger partial charge >= 0.3 is 0 Å². The topological polar surface area (TPSA) is 43.8 Å². The molecule has 4 rings (SSSR count). The third kappa shape index (κ3) is 2.13. The molecule has 1 aliphatic carbocycles. The monoisotopic (exact) mass is 297 g/mol. The lowest BCUT2D eigenvalue weighted by Crippen LogP contribution is -2.17. The SMILES string of the molecule is NC(c1ccccc1)c1nc2cccc(Cl)c2n1C1CC1. The molecule has 1 aliphatic rings. The Labute approximate surface area is 128 Å². The Hall–Kier alpha value is -1.84. The van der Waals surface area contributed by atoms with Crippen LogP contribution >= 0.6 is 11.6 Å². The van der Waals surface area contributed by atoms with Crippen LogP contribution in [0.25, 0.3) is 11.0 Å². The van der Waals surface area contributed by atoms with Gasteiger partial charge in [0.05, 0.1) is 22.1 Å². The van der Waals surface area contributed by atoms with E-state index in [1.165, 1.54) is 12.8 Å². The van der Waals surface area contributed by atoms with Gasteiger partial charge in [-0.05, 0) is 30.5 Å². The second-order valence-corrected chi connectivity index (χ2v) is 5.97. The molecular weight excluding hydrogens is 282 g/mol. The number of imidazole rings is 1. The fraction of sp³-hybridized carbons (Fsp3) is 0.235. The predicted octanol–water partition coefficient (Wildman–Crippen LogP) is 4.07. The van der Waals surface area contributed by atoms with E-state index in [9.17, 15) is 0 Å². The van der Waals surface area contributed by atoms with E-state index in [0.29, 0.717) is 6.04 Å². The van der Waals surface area contributed by atoms with E-state index in [1.54, 1.807) is 0 Å². The highest BCUT2D eigenvalue weighted by Gasteiger charge is 2.31. The van der Waals surface area contributed by atoms with Crippen molar-refractivity contribution in [3.8, 4) is 0 Å². The Morgan fingerprint density at radius 2 is 1.86 bits per heavy atom. The van der Waals surface area contributed by atoms with Gasteiger partial charge in [0, 0.05) is 6.04 Å². The first-order chi connectivity index (χ1) is 10.3. The van der Waals surface area contributed by atoms with Gasteiger partial charge in [-0.2, -0.15) is 0 Å². The first kappa shape index (κ1) is 12.9. The lowest BCUT2D eigenvalue weighted by molar-refractivity contribution is 0.659. The van der Waals surface area contributed by atoms with Crippen molar-refractivity contribution in [3.63, 3.8) is 0 Å². The molecule has 0 aliphatic heterocycles. The van der Waals surface area contributed by atoms with Gasteiger partial charge < -0.3 is 10.3 Å². The average Bonchev–Trinajstić information content (AvgIpc) is 3.28. The summed E-state index contributed by atoms with van der Waals surface area (Å²) in [5.74, 6) is 0.909. The number of nitrogens with zero attached hydrogens (tertiary/aromatic N) is 2. The average molecular weight is 298 g/mol. The van der Waals surface area contributed by atoms with Crippen LogP contribution in [0, 0.1) is 0 Å². The Balaban J connectivity index is 1.92. The summed E-state index contributed by atoms with van der Waals surface area (Å²) in [6.45, 7) is 0. The van der Waals surface area contributed by atoms with Crippen LogP contribution < -0.4 is 5.73 Å². The molecule has 0 radical (unpaired) electrons. The van der Waals surface area contributed by atoms with Crippen LogP contribution in [0.1, 0.15) is 36.3 Å². The van der Waals surface area contributed by atoms with E-state index in [4.69, 9.17) is 22.3 Å². The number of halogens is 1. The molecule has 0 spiro atoms. The molecule has 1 aromatic heterocycles. The van der Waals surface area contributed by atoms with Crippen LogP contribution in [0.5, 0.6) is 0 Å². The van der Waals surface area contributed by atoms with Crippen LogP contribution in [0.2, 0.25) is 5.02 Å². The van der Waals surface area contributed by atoms with Crippen molar-refractivity contribution in [2.24, 2.45) is 5.73 Å². The third-order valence-electron chi connectivity index (χ3n) is 4.04. The van der Waals surface area contributed by atoms with Gasteiger partial charge in [0.15, 0.2) is 0 Å². The van der Waals surface area contributed by atoms with Crippen LogP contribution in [0.15, 0.2) is 48.5 Å². The van der Waals surface area contributed by atoms with E-state index < -0.39 is 0 Å². The molecular formula is C17H16ClN3. The molecule has 2 N–H and O–H groups in total. The lowest BCUT2D eigenvalue weighted by atomic mass is 10.1. The number of benzene rings is 2. The summed E-state index contributed by atoms with van der Waals surface area (Å²) < 4.78 is 2.25. The molecule has 0 saturated heterocycles. The summed E-state index contributed by atoms with van der Waals surface area (Å²) in [6.07, 6.45) is 2.34. The maximum Gasteiger partial charge on any atom is 0.131 e. The summed E-state index contributed by atoms with van der Waals surface area (Å²) in [7, 11) is 0. The highest BCUT2D eigenvalue weighted by atomic mass is 35.5. The van der Waals surface area contributed by atoms with Crippen molar-refractivity contribution in [1.82, 2.24) is 9.55 Å². The quantitative estimate of drug-likeness (QED) is 0.792. The van der Waals surface area contributed by atoms with Gasteiger partial charge in [0.1, 0.15) is 5.82 Å². The number of aromatic nitrogens is 2. The first-order valence-corrected chi connectivity index (χ1v) is 7.60. The Kier molecular flexibility index (Phi) is 2.98. The van der Waals surface area contributed by atoms with E-state index in [-0.39, 0.29) is 6.04 Å². The maximum atomic E-state index is 6.47. The van der Waals surface area contributed by atoms with Gasteiger partial charge in [0.2, 0.25) is 0 Å². The van der Waals surface area contributed by atoms with Crippen molar-refractivity contribution in [2.45, 2.75) is 24.9 Å². The Morgan fingerprint density at radius 3 is 2.57 bits per heavy atom. The predicted molar refractivity (Wildman–Crippen MR) is 85.5 cm³/mol. The van der Waals surface area contributed by atoms with Crippen molar-refractivity contribution in [1.29, 1.82) is 0 Å². The minimum atomic E-state index is -0.227. The number of nitrogens with two attached hydrogens (primary N) is 1. The Bertz CT molecular complexity index is 790. The van der Waals surface area contributed by atoms with E-state index in [2.05, 4.69) is 4.57 Å². The van der Waals surface area contributed by atoms with E-state index in [0.717, 1.165) is 27.4 Å². The first-order valence-electron chi connectivity index (χ1n) is 7.22. The van der Waals surface area contributed by atoms with Gasteiger partial charge in [-0.1, -0.05) is 48.0 Å². The largest absolute Gasteiger partial charge is 0.322 e. The van der Waals surface area contributed by atoms with Crippen LogP contribution in [0.4, 0.5) is 0 Å². The molecule has 21 heavy (non-hydrogen) atoms. The molecule has 1 atom stereocenters. The van der Waals surface area contributed by atoms with Crippen LogP contribution in [0.3, 0.4) is 0 Å². The highest BCUT2D eigenvalue weighted by Crippen LogP contribution is 2.42. The fourth-order valence-electron chi connectivity index (χ4n) is 2.86. The zero-order valence-corrected chi connectivity index (χ0v) is 12.3. The molecule has 106 valence electrons. The summed E-state index contributed by atoms with van der Waals surface area (Å²) in [4.78, 5) is 4.76. The Morgan fingerprint density at radius 1 is 1.10 bits per heavy atom. The molecule has 0 amide bonds. The van der Waals surface area contributed by atoms with Gasteiger partial charge in [-0.3, -0.25) is 0 Å². The molecule has 4 heteroatoms. The maximum absolute atomic E-state index is 6.47. The summed E-state index contributed by atoms with van der Waals surface area (Å²) in [6, 6.07) is 16.2. The smallest absolute Gasteiger partial charge is 0.131 e. The van der Waals surface area contributed by atoms with Crippen molar-refractivity contribution in [3.05, 3.63) is 64.9 Å². The summed E-state index contributed by atoms with van der Waals surface area (Å²) >= 11 is 6.40. The highest BCUT2D eigenvalue weighted by molar-refractivity contribution is 6.35. The number of hydrogen-bond acceptors (Lipinski definition) is 2. The van der Waals surface area contributed by atoms with Crippen LogP contribution in [-0.2, 0) is 0 Å². The lowest BCUT2D eigenvalue weighted by Gasteiger charge is -2.15. The summed E-state index contributed by atoms with van der Waals surface area (Å²) in [5.41, 5.74) is 9.49. The molecule has 1 heterocycles. The second kappa shape index (κ2) is 4.86. The zero-order chi connectivity index (χ0) is 14.4. The molecule has 1 unspecified atom stereocenters. The molecule has 1 saturated carbocycles. The molecule has 1 fully saturated rings. The zero-order valence-electron chi connectivity index (χ0n) is 11.5. The number of rotatable bonds is 3. The molecule has 3 aromatic rings. The fourth-order valence-corrected chi connectivity index (χ4v) is 3.12. The number of hydrogen-bond donors (Lipinski definition) is 1. The molecule has 0 bridgehead atoms.